The predicted molar refractivity (Wildman–Crippen MR) is 342 cm³/mol. The van der Waals surface area contributed by atoms with Gasteiger partial charge in [-0.15, -0.1) is 0 Å². The summed E-state index contributed by atoms with van der Waals surface area (Å²) in [6, 6.07) is 12.8. The summed E-state index contributed by atoms with van der Waals surface area (Å²) >= 11 is 63.1. The topological polar surface area (TPSA) is 181 Å². The van der Waals surface area contributed by atoms with E-state index in [1.807, 2.05) is 12.1 Å². The quantitative estimate of drug-likeness (QED) is 0.0257. The van der Waals surface area contributed by atoms with Crippen LogP contribution in [0.4, 0.5) is 4.39 Å². The third kappa shape index (κ3) is 47.1. The Kier molecular flexibility index (Phi) is 66.5. The summed E-state index contributed by atoms with van der Waals surface area (Å²) in [5.41, 5.74) is 1.98. The van der Waals surface area contributed by atoms with Gasteiger partial charge in [0.15, 0.2) is 12.6 Å². The molecular weight excluding hydrogens is 1650 g/mol. The number of ether oxygens (including phenoxy) is 4. The molecule has 31 heteroatoms. The average molecular weight is 1710 g/mol. The van der Waals surface area contributed by atoms with Crippen LogP contribution in [0.25, 0.3) is 0 Å². The van der Waals surface area contributed by atoms with Crippen LogP contribution in [0.5, 0.6) is 23.0 Å². The predicted octanol–water partition coefficient (Wildman–Crippen LogP) is 9.53. The fraction of sp³-hybridized carbons (Fsp3) is 0.471. The summed E-state index contributed by atoms with van der Waals surface area (Å²) in [5, 5.41) is 38.5. The van der Waals surface area contributed by atoms with Gasteiger partial charge in [-0.2, -0.15) is 0 Å². The molecule has 447 valence electrons. The van der Waals surface area contributed by atoms with Gasteiger partial charge in [0.1, 0.15) is 27.0 Å². The van der Waals surface area contributed by atoms with E-state index in [9.17, 15) is 14.0 Å². The third-order valence-electron chi connectivity index (χ3n) is 10.2. The Balaban J connectivity index is -0.000000167. The second-order valence-corrected chi connectivity index (χ2v) is 36.2. The van der Waals surface area contributed by atoms with Crippen molar-refractivity contribution in [2.75, 3.05) is 52.6 Å². The monoisotopic (exact) mass is 1700 g/mol. The smallest absolute Gasteiger partial charge is 1.00 e. The number of phenols is 1. The average Bonchev–Trinajstić information content (AvgIpc) is 4.16. The number of hydrogen-bond acceptors (Lipinski definition) is 12. The van der Waals surface area contributed by atoms with Crippen molar-refractivity contribution >= 4 is 203 Å². The van der Waals surface area contributed by atoms with Crippen molar-refractivity contribution in [1.82, 2.24) is 0 Å². The summed E-state index contributed by atoms with van der Waals surface area (Å²) in [4.78, 5) is 32.2. The largest absolute Gasteiger partial charge is 1.00 e. The number of aldehydes is 2. The second kappa shape index (κ2) is 58.9. The van der Waals surface area contributed by atoms with Crippen LogP contribution in [0.1, 0.15) is 100 Å². The van der Waals surface area contributed by atoms with Crippen LogP contribution in [0, 0.1) is 23.7 Å². The van der Waals surface area contributed by atoms with E-state index in [1.54, 1.807) is 24.3 Å². The summed E-state index contributed by atoms with van der Waals surface area (Å²) in [6.07, 6.45) is 14.2. The van der Waals surface area contributed by atoms with Gasteiger partial charge in [0.05, 0.1) is 76.2 Å². The normalized spacial score (nSPS) is 13.6. The van der Waals surface area contributed by atoms with Crippen molar-refractivity contribution in [3.05, 3.63) is 111 Å². The van der Waals surface area contributed by atoms with Crippen molar-refractivity contribution in [2.24, 2.45) is 23.7 Å². The zero-order chi connectivity index (χ0) is 59.9. The molecule has 4 aromatic carbocycles. The van der Waals surface area contributed by atoms with Gasteiger partial charge in [0.2, 0.25) is 0 Å². The minimum Gasteiger partial charge on any atom is -1.00 e. The van der Waals surface area contributed by atoms with E-state index in [2.05, 4.69) is 83.2 Å². The van der Waals surface area contributed by atoms with Crippen molar-refractivity contribution < 1.29 is 200 Å². The SMILES string of the molecule is BrCC1CC1.BrP(Br)Br.C1CCOC1.CO.Clc1cc(OCC2CC2)cc(Cl)c1CBr.O=CO[O-].O=Cc1c(Cl)cc(O)cc1Cl.O=Cc1c(Cl)cc(OCC2CC2)cc1Cl.OCc1c(Cl)cc(OCC2CC2)cc1Cl.[2H]CF.[B].[H-].[H-].[K+].[K+].[Na+]. The van der Waals surface area contributed by atoms with E-state index in [-0.39, 0.29) is 182 Å². The zero-order valence-corrected chi connectivity index (χ0v) is 68.5. The molecule has 1 saturated heterocycles. The molecule has 0 atom stereocenters. The summed E-state index contributed by atoms with van der Waals surface area (Å²) < 4.78 is 36.9. The third-order valence-corrected chi connectivity index (χ3v) is 14.3. The Morgan fingerprint density at radius 2 is 0.902 bits per heavy atom. The first-order valence-electron chi connectivity index (χ1n) is 24.0. The number of aliphatic hydroxyl groups is 2. The number of aliphatic hydroxyl groups excluding tert-OH is 2. The summed E-state index contributed by atoms with van der Waals surface area (Å²) in [7, 11) is 0. The number of alkyl halides is 3. The molecule has 5 fully saturated rings. The van der Waals surface area contributed by atoms with Gasteiger partial charge in [0, 0.05) is 60.6 Å². The first-order chi connectivity index (χ1) is 37.7. The van der Waals surface area contributed by atoms with Gasteiger partial charge in [-0.3, -0.25) is 18.8 Å². The molecule has 0 spiro atoms. The number of carbonyl (C=O) groups excluding carboxylic acids is 3. The number of aromatic hydroxyl groups is 1. The van der Waals surface area contributed by atoms with E-state index in [0.29, 0.717) is 89.1 Å². The van der Waals surface area contributed by atoms with Crippen LogP contribution >= 0.6 is 175 Å². The Morgan fingerprint density at radius 1 is 0.634 bits per heavy atom. The summed E-state index contributed by atoms with van der Waals surface area (Å²) in [6.45, 7) is 3.87. The number of phenolic OH excluding ortho intramolecular Hbond substituents is 1. The van der Waals surface area contributed by atoms with Crippen LogP contribution < -0.4 is 152 Å². The fourth-order valence-corrected chi connectivity index (χ4v) is 9.21. The maximum absolute atomic E-state index is 10.6. The van der Waals surface area contributed by atoms with Crippen LogP contribution in [-0.4, -0.2) is 95.4 Å². The molecular formula is C51H62BBr5Cl8FK2NaO12P. The van der Waals surface area contributed by atoms with Gasteiger partial charge < -0.3 is 47.3 Å². The first-order valence-corrected chi connectivity index (χ1v) is 35.9. The van der Waals surface area contributed by atoms with Crippen LogP contribution in [-0.2, 0) is 26.4 Å². The number of rotatable bonds is 15. The van der Waals surface area contributed by atoms with E-state index in [1.165, 1.54) is 81.7 Å². The second-order valence-electron chi connectivity index (χ2n) is 16.4. The first kappa shape index (κ1) is 92.6. The van der Waals surface area contributed by atoms with Crippen molar-refractivity contribution in [3.8, 4) is 23.0 Å². The number of benzene rings is 4. The molecule has 0 unspecified atom stereocenters. The minimum absolute atomic E-state index is 0. The molecule has 3 N–H and O–H groups in total. The van der Waals surface area contributed by atoms with Crippen LogP contribution in [0.15, 0.2) is 48.5 Å². The molecule has 4 saturated carbocycles. The Hall–Kier alpha value is 4.15. The molecule has 4 aliphatic carbocycles. The number of halogens is 14. The Bertz CT molecular complexity index is 2210. The fourth-order valence-electron chi connectivity index (χ4n) is 5.32. The molecule has 0 amide bonds. The molecule has 3 radical (unpaired) electrons. The molecule has 0 aromatic heterocycles. The molecule has 1 aliphatic heterocycles. The van der Waals surface area contributed by atoms with Gasteiger partial charge in [0.25, 0.3) is 6.47 Å². The van der Waals surface area contributed by atoms with E-state index < -0.39 is 7.15 Å². The maximum Gasteiger partial charge on any atom is 1.00 e. The minimum atomic E-state index is -1.00. The van der Waals surface area contributed by atoms with Crippen molar-refractivity contribution in [3.63, 3.8) is 0 Å². The van der Waals surface area contributed by atoms with E-state index >= 15 is 0 Å². The van der Waals surface area contributed by atoms with Crippen LogP contribution in [0.3, 0.4) is 0 Å². The summed E-state index contributed by atoms with van der Waals surface area (Å²) in [5.74, 6) is 5.17. The molecule has 1 heterocycles. The van der Waals surface area contributed by atoms with Gasteiger partial charge in [-0.1, -0.05) is 125 Å². The van der Waals surface area contributed by atoms with Crippen molar-refractivity contribution in [2.45, 2.75) is 76.1 Å². The number of hydrogen-bond donors (Lipinski definition) is 3. The number of carbonyl (C=O) groups is 3. The molecule has 4 aromatic rings. The molecule has 9 rings (SSSR count). The van der Waals surface area contributed by atoms with E-state index in [0.717, 1.165) is 56.7 Å². The van der Waals surface area contributed by atoms with Gasteiger partial charge >= 0.3 is 132 Å². The van der Waals surface area contributed by atoms with Crippen LogP contribution in [0.2, 0.25) is 40.2 Å². The maximum atomic E-state index is 10.6. The molecule has 12 nitrogen and oxygen atoms in total. The molecule has 0 bridgehead atoms. The van der Waals surface area contributed by atoms with Crippen molar-refractivity contribution in [1.29, 1.82) is 0 Å². The molecule has 5 aliphatic rings. The Morgan fingerprint density at radius 3 is 1.10 bits per heavy atom. The Labute approximate surface area is 677 Å². The zero-order valence-electron chi connectivity index (χ0n) is 48.4. The van der Waals surface area contributed by atoms with Gasteiger partial charge in [-0.25, -0.2) is 0 Å². The van der Waals surface area contributed by atoms with E-state index in [4.69, 9.17) is 138 Å². The standard InChI is InChI=1S/C11H11BrCl2O.C11H12Cl2O2.C11H10Cl2O2.C7H4Cl2O2.C4H7Br.C4H8O.CH3F.CH2O3.CH4O.B.Br3P.2K.Na.2H/c12-5-9-10(13)3-8(4-11(9)14)15-6-7-1-2-7;2*12-10-3-8(15-6-7-1-2-7)4-11(13)9(10)5-14;8-6-1-4(11)2-7(9)5(6)3-10;5-3-4-1-2-4;1-2-4-5-3-1;1-2;2-1-4-3;1-2;;1-4(2)3;;;;;/h3-4,7H,1-2,5-6H2;3-4,7,14H,1-2,5-6H2;3-5,7H,1-2,6H2;1-3,11H;4H,1-3H2;1-4H2;1H3;1,3H;2H,1H3;;;;;;;/q;;;;;;;;;;;3*+1;2*-1/p-1/i;;;;;;1D;;;;;;;;;. The molecule has 82 heavy (non-hydrogen) atoms. The van der Waals surface area contributed by atoms with Gasteiger partial charge in [-0.05, 0) is 183 Å².